The van der Waals surface area contributed by atoms with Gasteiger partial charge in [0.1, 0.15) is 0 Å². The van der Waals surface area contributed by atoms with Gasteiger partial charge in [0.2, 0.25) is 0 Å². The largest absolute Gasteiger partial charge is 0.440 e. The second-order valence-corrected chi connectivity index (χ2v) is 4.93. The summed E-state index contributed by atoms with van der Waals surface area (Å²) in [5.41, 5.74) is 0. The van der Waals surface area contributed by atoms with Crippen LogP contribution >= 0.6 is 0 Å². The van der Waals surface area contributed by atoms with Crippen molar-refractivity contribution in [2.75, 3.05) is 13.2 Å². The molecular formula is C14H27O4. The van der Waals surface area contributed by atoms with Crippen LogP contribution in [0.5, 0.6) is 0 Å². The number of ether oxygens (including phenoxy) is 3. The summed E-state index contributed by atoms with van der Waals surface area (Å²) in [6, 6.07) is 0. The first-order chi connectivity index (χ1) is 8.70. The summed E-state index contributed by atoms with van der Waals surface area (Å²) in [4.78, 5) is 0. The van der Waals surface area contributed by atoms with Crippen molar-refractivity contribution in [1.82, 2.24) is 0 Å². The Bertz CT molecular complexity index is 204. The average molecular weight is 259 g/mol. The minimum atomic E-state index is -2.08. The Morgan fingerprint density at radius 2 is 1.67 bits per heavy atom. The molecule has 1 atom stereocenters. The van der Waals surface area contributed by atoms with E-state index in [1.54, 1.807) is 0 Å². The van der Waals surface area contributed by atoms with Crippen LogP contribution in [0.4, 0.5) is 0 Å². The highest BCUT2D eigenvalue weighted by molar-refractivity contribution is 4.67. The van der Waals surface area contributed by atoms with Gasteiger partial charge < -0.3 is 9.47 Å². The summed E-state index contributed by atoms with van der Waals surface area (Å²) < 4.78 is 16.0. The van der Waals surface area contributed by atoms with Crippen molar-refractivity contribution < 1.29 is 19.3 Å². The molecule has 0 bridgehead atoms. The van der Waals surface area contributed by atoms with Gasteiger partial charge in [0.05, 0.1) is 19.3 Å². The van der Waals surface area contributed by atoms with Crippen LogP contribution in [0.2, 0.25) is 0 Å². The lowest BCUT2D eigenvalue weighted by molar-refractivity contribution is -0.516. The van der Waals surface area contributed by atoms with Crippen molar-refractivity contribution in [2.45, 2.75) is 77.5 Å². The van der Waals surface area contributed by atoms with Crippen LogP contribution in [0.15, 0.2) is 0 Å². The Balaban J connectivity index is 2.34. The maximum Gasteiger partial charge on any atom is 0.440 e. The van der Waals surface area contributed by atoms with E-state index in [-0.39, 0.29) is 6.10 Å². The summed E-state index contributed by atoms with van der Waals surface area (Å²) in [5, 5.41) is 12.3. The van der Waals surface area contributed by atoms with Gasteiger partial charge >= 0.3 is 6.16 Å². The highest BCUT2D eigenvalue weighted by Crippen LogP contribution is 2.27. The fraction of sp³-hybridized carbons (Fsp3) is 1.00. The number of hydrogen-bond donors (Lipinski definition) is 0. The van der Waals surface area contributed by atoms with Gasteiger partial charge in [0.25, 0.3) is 0 Å². The topological polar surface area (TPSA) is 47.6 Å². The molecule has 0 spiro atoms. The summed E-state index contributed by atoms with van der Waals surface area (Å²) in [7, 11) is 0. The monoisotopic (exact) mass is 259 g/mol. The lowest BCUT2D eigenvalue weighted by Gasteiger charge is -2.27. The Morgan fingerprint density at radius 3 is 2.28 bits per heavy atom. The van der Waals surface area contributed by atoms with Crippen molar-refractivity contribution in [2.24, 2.45) is 0 Å². The van der Waals surface area contributed by atoms with Gasteiger partial charge in [-0.2, -0.15) is 0 Å². The van der Waals surface area contributed by atoms with E-state index < -0.39 is 6.16 Å². The van der Waals surface area contributed by atoms with E-state index in [9.17, 15) is 5.11 Å². The number of unbranched alkanes of at least 4 members (excludes halogenated alkanes) is 2. The molecule has 0 heterocycles. The molecule has 18 heavy (non-hydrogen) atoms. The third-order valence-electron chi connectivity index (χ3n) is 3.12. The molecular weight excluding hydrogens is 232 g/mol. The van der Waals surface area contributed by atoms with E-state index in [1.807, 2.05) is 6.92 Å². The molecule has 1 radical (unpaired) electrons. The lowest BCUT2D eigenvalue weighted by atomic mass is 10.3. The lowest BCUT2D eigenvalue weighted by Crippen LogP contribution is -2.41. The molecule has 0 N–H and O–H groups in total. The summed E-state index contributed by atoms with van der Waals surface area (Å²) in [5.74, 6) is 0. The molecule has 0 aromatic heterocycles. The van der Waals surface area contributed by atoms with Crippen molar-refractivity contribution in [1.29, 1.82) is 0 Å². The summed E-state index contributed by atoms with van der Waals surface area (Å²) in [6.07, 6.45) is 5.90. The highest BCUT2D eigenvalue weighted by Gasteiger charge is 2.37. The SMILES string of the molecule is CCCCCOC([O])(OCCC)OC1CCCC1. The summed E-state index contributed by atoms with van der Waals surface area (Å²) >= 11 is 0. The predicted octanol–water partition coefficient (Wildman–Crippen LogP) is 3.62. The second kappa shape index (κ2) is 8.86. The smallest absolute Gasteiger partial charge is 0.301 e. The van der Waals surface area contributed by atoms with Crippen LogP contribution in [0.25, 0.3) is 0 Å². The molecule has 1 aliphatic carbocycles. The maximum absolute atomic E-state index is 12.3. The zero-order chi connectivity index (χ0) is 13.3. The quantitative estimate of drug-likeness (QED) is 0.444. The summed E-state index contributed by atoms with van der Waals surface area (Å²) in [6.45, 7) is 4.87. The van der Waals surface area contributed by atoms with Crippen LogP contribution in [0.1, 0.15) is 65.2 Å². The molecule has 1 fully saturated rings. The van der Waals surface area contributed by atoms with E-state index in [0.717, 1.165) is 51.4 Å². The van der Waals surface area contributed by atoms with Crippen molar-refractivity contribution in [3.63, 3.8) is 0 Å². The molecule has 0 aromatic carbocycles. The molecule has 1 rings (SSSR count). The molecule has 0 saturated heterocycles. The van der Waals surface area contributed by atoms with Crippen molar-refractivity contribution >= 4 is 0 Å². The Morgan fingerprint density at radius 1 is 1.00 bits per heavy atom. The second-order valence-electron chi connectivity index (χ2n) is 4.93. The van der Waals surface area contributed by atoms with Crippen molar-refractivity contribution in [3.8, 4) is 0 Å². The Labute approximate surface area is 111 Å². The highest BCUT2D eigenvalue weighted by atomic mass is 17.0. The first kappa shape index (κ1) is 15.9. The molecule has 1 saturated carbocycles. The third-order valence-corrected chi connectivity index (χ3v) is 3.12. The fourth-order valence-electron chi connectivity index (χ4n) is 2.10. The maximum atomic E-state index is 12.3. The van der Waals surface area contributed by atoms with E-state index in [1.165, 1.54) is 0 Å². The number of rotatable bonds is 10. The van der Waals surface area contributed by atoms with Gasteiger partial charge in [-0.15, -0.1) is 5.11 Å². The Hall–Kier alpha value is -0.160. The van der Waals surface area contributed by atoms with Crippen LogP contribution < -0.4 is 0 Å². The van der Waals surface area contributed by atoms with Crippen LogP contribution in [-0.2, 0) is 19.3 Å². The molecule has 0 aromatic rings. The normalized spacial score (nSPS) is 20.2. The minimum absolute atomic E-state index is 0.00512. The zero-order valence-electron chi connectivity index (χ0n) is 11.8. The van der Waals surface area contributed by atoms with E-state index in [4.69, 9.17) is 14.2 Å². The third kappa shape index (κ3) is 6.14. The molecule has 107 valence electrons. The molecule has 0 amide bonds. The average Bonchev–Trinajstić information content (AvgIpc) is 2.85. The van der Waals surface area contributed by atoms with Gasteiger partial charge in [-0.25, -0.2) is 0 Å². The molecule has 1 aliphatic rings. The van der Waals surface area contributed by atoms with Crippen LogP contribution in [-0.4, -0.2) is 25.5 Å². The first-order valence-electron chi connectivity index (χ1n) is 7.36. The van der Waals surface area contributed by atoms with Gasteiger partial charge in [-0.05, 0) is 25.7 Å². The van der Waals surface area contributed by atoms with Crippen LogP contribution in [0.3, 0.4) is 0 Å². The Kier molecular flexibility index (Phi) is 7.82. The van der Waals surface area contributed by atoms with Crippen molar-refractivity contribution in [3.05, 3.63) is 0 Å². The molecule has 1 unspecified atom stereocenters. The van der Waals surface area contributed by atoms with Gasteiger partial charge in [-0.3, -0.25) is 4.74 Å². The van der Waals surface area contributed by atoms with E-state index in [2.05, 4.69) is 6.92 Å². The minimum Gasteiger partial charge on any atom is -0.301 e. The number of hydrogen-bond acceptors (Lipinski definition) is 3. The first-order valence-corrected chi connectivity index (χ1v) is 7.36. The van der Waals surface area contributed by atoms with Crippen LogP contribution in [0, 0.1) is 0 Å². The van der Waals surface area contributed by atoms with E-state index >= 15 is 0 Å². The standard InChI is InChI=1S/C14H27O4/c1-3-5-8-12-17-14(15,16-11-4-2)18-13-9-6-7-10-13/h13H,3-12H2,1-2H3. The molecule has 4 heteroatoms. The van der Waals surface area contributed by atoms with Gasteiger partial charge in [-0.1, -0.05) is 39.5 Å². The predicted molar refractivity (Wildman–Crippen MR) is 68.5 cm³/mol. The molecule has 4 nitrogen and oxygen atoms in total. The fourth-order valence-corrected chi connectivity index (χ4v) is 2.10. The van der Waals surface area contributed by atoms with Gasteiger partial charge in [0.15, 0.2) is 0 Å². The zero-order valence-corrected chi connectivity index (χ0v) is 11.8. The van der Waals surface area contributed by atoms with Gasteiger partial charge in [0, 0.05) is 0 Å². The van der Waals surface area contributed by atoms with E-state index in [0.29, 0.717) is 13.2 Å². The molecule has 0 aliphatic heterocycles.